The highest BCUT2D eigenvalue weighted by Gasteiger charge is 2.51. The van der Waals surface area contributed by atoms with Gasteiger partial charge in [0.15, 0.2) is 0 Å². The van der Waals surface area contributed by atoms with Gasteiger partial charge in [-0.15, -0.1) is 0 Å². The third-order valence-corrected chi connectivity index (χ3v) is 15.8. The predicted octanol–water partition coefficient (Wildman–Crippen LogP) is 18.8. The van der Waals surface area contributed by atoms with Crippen LogP contribution in [0.5, 0.6) is 0 Å². The molecule has 0 aliphatic heterocycles. The molecule has 1 spiro atoms. The van der Waals surface area contributed by atoms with Gasteiger partial charge in [0, 0.05) is 33.2 Å². The zero-order valence-electron chi connectivity index (χ0n) is 40.0. The van der Waals surface area contributed by atoms with Gasteiger partial charge in [-0.3, -0.25) is 0 Å². The van der Waals surface area contributed by atoms with Crippen molar-refractivity contribution in [2.75, 3.05) is 4.90 Å². The Bertz CT molecular complexity index is 4250. The minimum absolute atomic E-state index is 0.465. The van der Waals surface area contributed by atoms with Gasteiger partial charge in [-0.2, -0.15) is 0 Å². The quantitative estimate of drug-likeness (QED) is 0.155. The van der Waals surface area contributed by atoms with E-state index in [-0.39, 0.29) is 0 Å². The molecule has 1 heterocycles. The molecule has 13 aromatic rings. The molecule has 2 aliphatic rings. The van der Waals surface area contributed by atoms with E-state index in [2.05, 4.69) is 289 Å². The van der Waals surface area contributed by atoms with Gasteiger partial charge in [-0.25, -0.2) is 0 Å². The summed E-state index contributed by atoms with van der Waals surface area (Å²) in [5, 5.41) is 4.91. The van der Waals surface area contributed by atoms with E-state index < -0.39 is 5.41 Å². The normalized spacial score (nSPS) is 12.8. The van der Waals surface area contributed by atoms with Gasteiger partial charge in [0.25, 0.3) is 0 Å². The molecule has 0 atom stereocenters. The maximum Gasteiger partial charge on any atom is 0.0726 e. The number of hydrogen-bond donors (Lipinski definition) is 0. The molecule has 0 bridgehead atoms. The molecular formula is C71H46N2. The molecule has 0 unspecified atom stereocenters. The van der Waals surface area contributed by atoms with Crippen LogP contribution in [0.3, 0.4) is 0 Å². The Balaban J connectivity index is 0.887. The molecule has 2 aliphatic carbocycles. The fraction of sp³-hybridized carbons (Fsp3) is 0.0141. The molecule has 0 N–H and O–H groups in total. The minimum atomic E-state index is -0.465. The standard InChI is InChI=1S/C71H46N2/c1-3-18-49(19-4-1)55-41-43-69(61-28-8-7-24-56(55)61)72(54-39-40-60-59-27-11-15-32-66(59)71(67(60)46-54)64-30-13-9-25-57(64)58-26-10-14-31-65(58)71)53-23-17-20-50(44-53)47-34-36-48(37-35-47)51-38-42-70-63(45-51)62-29-12-16-33-68(62)73(70)52-21-5-2-6-22-52/h1-46H. The first-order chi connectivity index (χ1) is 36.2. The van der Waals surface area contributed by atoms with Crippen LogP contribution in [0, 0.1) is 0 Å². The van der Waals surface area contributed by atoms with Crippen LogP contribution in [-0.4, -0.2) is 4.57 Å². The number of rotatable bonds is 7. The molecule has 15 rings (SSSR count). The summed E-state index contributed by atoms with van der Waals surface area (Å²) in [6.45, 7) is 0. The number of nitrogens with zero attached hydrogens (tertiary/aromatic N) is 2. The summed E-state index contributed by atoms with van der Waals surface area (Å²) in [5.74, 6) is 0. The maximum atomic E-state index is 2.50. The summed E-state index contributed by atoms with van der Waals surface area (Å²) < 4.78 is 2.38. The van der Waals surface area contributed by atoms with E-state index in [0.29, 0.717) is 0 Å². The van der Waals surface area contributed by atoms with Crippen molar-refractivity contribution in [3.05, 3.63) is 301 Å². The first kappa shape index (κ1) is 41.3. The summed E-state index contributed by atoms with van der Waals surface area (Å²) in [6.07, 6.45) is 0. The Morgan fingerprint density at radius 3 is 1.44 bits per heavy atom. The molecule has 0 radical (unpaired) electrons. The van der Waals surface area contributed by atoms with Crippen LogP contribution in [0.4, 0.5) is 17.1 Å². The molecule has 0 saturated carbocycles. The lowest BCUT2D eigenvalue weighted by molar-refractivity contribution is 0.793. The third-order valence-electron chi connectivity index (χ3n) is 15.8. The first-order valence-electron chi connectivity index (χ1n) is 25.3. The molecule has 2 nitrogen and oxygen atoms in total. The van der Waals surface area contributed by atoms with Crippen LogP contribution in [0.15, 0.2) is 279 Å². The van der Waals surface area contributed by atoms with E-state index in [1.807, 2.05) is 0 Å². The van der Waals surface area contributed by atoms with Gasteiger partial charge in [0.1, 0.15) is 0 Å². The number of anilines is 3. The van der Waals surface area contributed by atoms with Crippen LogP contribution >= 0.6 is 0 Å². The molecule has 0 amide bonds. The van der Waals surface area contributed by atoms with Gasteiger partial charge in [0.05, 0.1) is 22.1 Å². The van der Waals surface area contributed by atoms with Crippen molar-refractivity contribution in [1.29, 1.82) is 0 Å². The van der Waals surface area contributed by atoms with Crippen molar-refractivity contribution in [2.24, 2.45) is 0 Å². The fourth-order valence-corrected chi connectivity index (χ4v) is 12.7. The number of fused-ring (bicyclic) bond motifs is 14. The summed E-state index contributed by atoms with van der Waals surface area (Å²) in [6, 6.07) is 103. The second-order valence-corrected chi connectivity index (χ2v) is 19.5. The van der Waals surface area contributed by atoms with Gasteiger partial charge >= 0.3 is 0 Å². The largest absolute Gasteiger partial charge is 0.310 e. The highest BCUT2D eigenvalue weighted by molar-refractivity contribution is 6.11. The van der Waals surface area contributed by atoms with Crippen LogP contribution in [0.2, 0.25) is 0 Å². The van der Waals surface area contributed by atoms with Crippen LogP contribution in [0.25, 0.3) is 93.9 Å². The lowest BCUT2D eigenvalue weighted by Crippen LogP contribution is -2.26. The number of hydrogen-bond acceptors (Lipinski definition) is 1. The first-order valence-corrected chi connectivity index (χ1v) is 25.3. The van der Waals surface area contributed by atoms with E-state index in [0.717, 1.165) is 22.6 Å². The van der Waals surface area contributed by atoms with Crippen molar-refractivity contribution in [3.8, 4) is 61.3 Å². The maximum absolute atomic E-state index is 2.50. The molecule has 12 aromatic carbocycles. The Morgan fingerprint density at radius 1 is 0.260 bits per heavy atom. The smallest absolute Gasteiger partial charge is 0.0726 e. The molecule has 73 heavy (non-hydrogen) atoms. The second-order valence-electron chi connectivity index (χ2n) is 19.5. The molecule has 2 heteroatoms. The van der Waals surface area contributed by atoms with Gasteiger partial charge < -0.3 is 9.47 Å². The Hall–Kier alpha value is -9.50. The summed E-state index contributed by atoms with van der Waals surface area (Å²) in [7, 11) is 0. The van der Waals surface area contributed by atoms with E-state index in [1.54, 1.807) is 0 Å². The number of para-hydroxylation sites is 2. The highest BCUT2D eigenvalue weighted by Crippen LogP contribution is 2.63. The van der Waals surface area contributed by atoms with Crippen molar-refractivity contribution < 1.29 is 0 Å². The molecule has 1 aromatic heterocycles. The van der Waals surface area contributed by atoms with Crippen molar-refractivity contribution in [3.63, 3.8) is 0 Å². The monoisotopic (exact) mass is 926 g/mol. The van der Waals surface area contributed by atoms with Crippen LogP contribution < -0.4 is 4.90 Å². The average Bonchev–Trinajstić information content (AvgIpc) is 4.07. The highest BCUT2D eigenvalue weighted by atomic mass is 15.1. The lowest BCUT2D eigenvalue weighted by Gasteiger charge is -2.32. The van der Waals surface area contributed by atoms with Crippen LogP contribution in [0.1, 0.15) is 22.3 Å². The zero-order chi connectivity index (χ0) is 48.0. The Labute approximate surface area is 425 Å². The third kappa shape index (κ3) is 6.17. The Morgan fingerprint density at radius 2 is 0.753 bits per heavy atom. The van der Waals surface area contributed by atoms with Crippen molar-refractivity contribution in [2.45, 2.75) is 5.41 Å². The number of benzene rings is 12. The minimum Gasteiger partial charge on any atom is -0.310 e. The molecular weight excluding hydrogens is 881 g/mol. The molecule has 0 saturated heterocycles. The lowest BCUT2D eigenvalue weighted by atomic mass is 9.70. The summed E-state index contributed by atoms with van der Waals surface area (Å²) in [5.41, 5.74) is 24.1. The van der Waals surface area contributed by atoms with Gasteiger partial charge in [-0.1, -0.05) is 218 Å². The Kier molecular flexibility index (Phi) is 9.21. The zero-order valence-corrected chi connectivity index (χ0v) is 40.0. The van der Waals surface area contributed by atoms with E-state index in [1.165, 1.54) is 111 Å². The van der Waals surface area contributed by atoms with Gasteiger partial charge in [-0.05, 0) is 144 Å². The van der Waals surface area contributed by atoms with Gasteiger partial charge in [0.2, 0.25) is 0 Å². The van der Waals surface area contributed by atoms with Crippen LogP contribution in [-0.2, 0) is 5.41 Å². The average molecular weight is 927 g/mol. The van der Waals surface area contributed by atoms with E-state index in [9.17, 15) is 0 Å². The fourth-order valence-electron chi connectivity index (χ4n) is 12.7. The van der Waals surface area contributed by atoms with E-state index in [4.69, 9.17) is 0 Å². The summed E-state index contributed by atoms with van der Waals surface area (Å²) in [4.78, 5) is 2.50. The second kappa shape index (κ2) is 16.3. The SMILES string of the molecule is c1ccc(-c2ccc(N(c3cccc(-c4ccc(-c5ccc6c(c5)c5ccccc5n6-c5ccccc5)cc4)c3)c3ccc4c(c3)C3(c5ccccc5-c5ccccc53)c3ccccc3-4)c3ccccc23)cc1. The molecule has 0 fully saturated rings. The predicted molar refractivity (Wildman–Crippen MR) is 306 cm³/mol. The topological polar surface area (TPSA) is 8.17 Å². The van der Waals surface area contributed by atoms with Crippen molar-refractivity contribution in [1.82, 2.24) is 4.57 Å². The van der Waals surface area contributed by atoms with Crippen molar-refractivity contribution >= 4 is 49.6 Å². The molecule has 340 valence electrons. The van der Waals surface area contributed by atoms with E-state index >= 15 is 0 Å². The summed E-state index contributed by atoms with van der Waals surface area (Å²) >= 11 is 0. The number of aromatic nitrogens is 1.